The maximum atomic E-state index is 10.6. The first kappa shape index (κ1) is 11.2. The SMILES string of the molecule is C=C(C(=O)O)[C@@H]1C=C(C(=O)O)C=C[C@H]1O. The average molecular weight is 210 g/mol. The third kappa shape index (κ3) is 2.32. The van der Waals surface area contributed by atoms with Crippen molar-refractivity contribution in [2.24, 2.45) is 5.92 Å². The van der Waals surface area contributed by atoms with Crippen LogP contribution in [0.4, 0.5) is 0 Å². The molecular weight excluding hydrogens is 200 g/mol. The molecule has 15 heavy (non-hydrogen) atoms. The number of hydrogen-bond donors (Lipinski definition) is 3. The van der Waals surface area contributed by atoms with Gasteiger partial charge in [-0.15, -0.1) is 0 Å². The van der Waals surface area contributed by atoms with E-state index in [4.69, 9.17) is 10.2 Å². The van der Waals surface area contributed by atoms with Crippen LogP contribution in [0.15, 0.2) is 36.0 Å². The number of carboxylic acid groups (broad SMARTS) is 2. The predicted molar refractivity (Wildman–Crippen MR) is 51.1 cm³/mol. The second kappa shape index (κ2) is 4.10. The van der Waals surface area contributed by atoms with Crippen molar-refractivity contribution in [1.29, 1.82) is 0 Å². The van der Waals surface area contributed by atoms with Crippen LogP contribution in [-0.2, 0) is 9.59 Å². The molecule has 2 atom stereocenters. The lowest BCUT2D eigenvalue weighted by Crippen LogP contribution is -2.25. The number of rotatable bonds is 3. The molecule has 0 fully saturated rings. The Morgan fingerprint density at radius 3 is 2.40 bits per heavy atom. The minimum Gasteiger partial charge on any atom is -0.478 e. The van der Waals surface area contributed by atoms with Crippen molar-refractivity contribution in [3.8, 4) is 0 Å². The summed E-state index contributed by atoms with van der Waals surface area (Å²) in [4.78, 5) is 21.2. The summed E-state index contributed by atoms with van der Waals surface area (Å²) in [5.74, 6) is -3.31. The molecule has 0 heterocycles. The topological polar surface area (TPSA) is 94.8 Å². The van der Waals surface area contributed by atoms with Gasteiger partial charge in [0.05, 0.1) is 11.7 Å². The minimum absolute atomic E-state index is 0.0484. The standard InChI is InChI=1S/C10H10O5/c1-5(9(12)13)7-4-6(10(14)15)2-3-8(7)11/h2-4,7-8,11H,1H2,(H,12,13)(H,14,15)/t7-,8+/m0/s1. The van der Waals surface area contributed by atoms with Gasteiger partial charge < -0.3 is 15.3 Å². The molecule has 1 aliphatic carbocycles. The quantitative estimate of drug-likeness (QED) is 0.578. The third-order valence-electron chi connectivity index (χ3n) is 2.12. The van der Waals surface area contributed by atoms with Crippen molar-refractivity contribution < 1.29 is 24.9 Å². The maximum absolute atomic E-state index is 10.6. The second-order valence-corrected chi connectivity index (χ2v) is 3.13. The highest BCUT2D eigenvalue weighted by Crippen LogP contribution is 2.23. The molecule has 0 unspecified atom stereocenters. The Morgan fingerprint density at radius 1 is 1.33 bits per heavy atom. The van der Waals surface area contributed by atoms with E-state index in [-0.39, 0.29) is 11.1 Å². The molecule has 0 saturated heterocycles. The molecule has 0 aromatic heterocycles. The van der Waals surface area contributed by atoms with E-state index in [2.05, 4.69) is 6.58 Å². The highest BCUT2D eigenvalue weighted by molar-refractivity contribution is 5.92. The van der Waals surface area contributed by atoms with Crippen LogP contribution in [0.2, 0.25) is 0 Å². The van der Waals surface area contributed by atoms with E-state index in [1.54, 1.807) is 0 Å². The zero-order valence-corrected chi connectivity index (χ0v) is 7.75. The number of carboxylic acids is 2. The summed E-state index contributed by atoms with van der Waals surface area (Å²) in [6.07, 6.45) is 2.61. The zero-order chi connectivity index (χ0) is 11.6. The van der Waals surface area contributed by atoms with E-state index in [0.29, 0.717) is 0 Å². The second-order valence-electron chi connectivity index (χ2n) is 3.13. The van der Waals surface area contributed by atoms with Gasteiger partial charge in [-0.05, 0) is 6.08 Å². The monoisotopic (exact) mass is 210 g/mol. The lowest BCUT2D eigenvalue weighted by Gasteiger charge is -2.20. The van der Waals surface area contributed by atoms with Crippen molar-refractivity contribution in [1.82, 2.24) is 0 Å². The smallest absolute Gasteiger partial charge is 0.335 e. The number of carbonyl (C=O) groups is 2. The van der Waals surface area contributed by atoms with Gasteiger partial charge in [0.1, 0.15) is 0 Å². The number of aliphatic carboxylic acids is 2. The molecule has 5 nitrogen and oxygen atoms in total. The zero-order valence-electron chi connectivity index (χ0n) is 7.75. The normalized spacial score (nSPS) is 24.5. The molecule has 0 bridgehead atoms. The van der Waals surface area contributed by atoms with Gasteiger partial charge in [-0.1, -0.05) is 18.7 Å². The molecule has 0 aromatic carbocycles. The van der Waals surface area contributed by atoms with Crippen molar-refractivity contribution in [2.75, 3.05) is 0 Å². The third-order valence-corrected chi connectivity index (χ3v) is 2.12. The summed E-state index contributed by atoms with van der Waals surface area (Å²) < 4.78 is 0. The molecule has 80 valence electrons. The summed E-state index contributed by atoms with van der Waals surface area (Å²) in [5.41, 5.74) is -0.279. The van der Waals surface area contributed by atoms with Crippen LogP contribution in [0.5, 0.6) is 0 Å². The van der Waals surface area contributed by atoms with Gasteiger partial charge in [-0.2, -0.15) is 0 Å². The van der Waals surface area contributed by atoms with E-state index < -0.39 is 24.0 Å². The van der Waals surface area contributed by atoms with E-state index in [0.717, 1.165) is 0 Å². The number of hydrogen-bond acceptors (Lipinski definition) is 3. The maximum Gasteiger partial charge on any atom is 0.335 e. The molecular formula is C10H10O5. The summed E-state index contributed by atoms with van der Waals surface area (Å²) in [6, 6.07) is 0. The Hall–Kier alpha value is -1.88. The largest absolute Gasteiger partial charge is 0.478 e. The summed E-state index contributed by atoms with van der Waals surface area (Å²) in [7, 11) is 0. The Morgan fingerprint density at radius 2 is 1.93 bits per heavy atom. The van der Waals surface area contributed by atoms with Crippen LogP contribution in [-0.4, -0.2) is 33.4 Å². The molecule has 5 heteroatoms. The van der Waals surface area contributed by atoms with Gasteiger partial charge in [-0.3, -0.25) is 0 Å². The Balaban J connectivity index is 2.99. The van der Waals surface area contributed by atoms with Crippen LogP contribution in [0.1, 0.15) is 0 Å². The molecule has 3 N–H and O–H groups in total. The van der Waals surface area contributed by atoms with Crippen LogP contribution in [0, 0.1) is 5.92 Å². The number of aliphatic hydroxyl groups is 1. The van der Waals surface area contributed by atoms with E-state index in [9.17, 15) is 14.7 Å². The fourth-order valence-electron chi connectivity index (χ4n) is 1.26. The summed E-state index contributed by atoms with van der Waals surface area (Å²) in [6.45, 7) is 3.29. The molecule has 0 aliphatic heterocycles. The van der Waals surface area contributed by atoms with Gasteiger partial charge in [-0.25, -0.2) is 9.59 Å². The molecule has 0 amide bonds. The Kier molecular flexibility index (Phi) is 3.06. The summed E-state index contributed by atoms with van der Waals surface area (Å²) >= 11 is 0. The van der Waals surface area contributed by atoms with Gasteiger partial charge in [0.2, 0.25) is 0 Å². The van der Waals surface area contributed by atoms with E-state index >= 15 is 0 Å². The summed E-state index contributed by atoms with van der Waals surface area (Å²) in [5, 5.41) is 26.8. The molecule has 1 rings (SSSR count). The average Bonchev–Trinajstić information content (AvgIpc) is 2.16. The van der Waals surface area contributed by atoms with Crippen molar-refractivity contribution >= 4 is 11.9 Å². The molecule has 1 aliphatic rings. The van der Waals surface area contributed by atoms with Crippen LogP contribution in [0.25, 0.3) is 0 Å². The lowest BCUT2D eigenvalue weighted by molar-refractivity contribution is -0.134. The lowest BCUT2D eigenvalue weighted by atomic mass is 9.88. The highest BCUT2D eigenvalue weighted by atomic mass is 16.4. The highest BCUT2D eigenvalue weighted by Gasteiger charge is 2.26. The van der Waals surface area contributed by atoms with Crippen molar-refractivity contribution in [3.63, 3.8) is 0 Å². The molecule has 0 aromatic rings. The van der Waals surface area contributed by atoms with Crippen LogP contribution < -0.4 is 0 Å². The fourth-order valence-corrected chi connectivity index (χ4v) is 1.26. The minimum atomic E-state index is -1.25. The first-order chi connectivity index (χ1) is 6.93. The van der Waals surface area contributed by atoms with Gasteiger partial charge in [0.15, 0.2) is 0 Å². The Labute approximate surface area is 85.7 Å². The van der Waals surface area contributed by atoms with Crippen molar-refractivity contribution in [2.45, 2.75) is 6.10 Å². The molecule has 0 radical (unpaired) electrons. The van der Waals surface area contributed by atoms with Gasteiger partial charge in [0.25, 0.3) is 0 Å². The molecule has 0 spiro atoms. The number of aliphatic hydroxyl groups excluding tert-OH is 1. The van der Waals surface area contributed by atoms with E-state index in [1.165, 1.54) is 18.2 Å². The van der Waals surface area contributed by atoms with Crippen LogP contribution >= 0.6 is 0 Å². The fraction of sp³-hybridized carbons (Fsp3) is 0.200. The van der Waals surface area contributed by atoms with Crippen LogP contribution in [0.3, 0.4) is 0 Å². The van der Waals surface area contributed by atoms with Gasteiger partial charge >= 0.3 is 11.9 Å². The predicted octanol–water partition coefficient (Wildman–Crippen LogP) is 0.185. The van der Waals surface area contributed by atoms with E-state index in [1.807, 2.05) is 0 Å². The first-order valence-corrected chi connectivity index (χ1v) is 4.17. The van der Waals surface area contributed by atoms with Crippen molar-refractivity contribution in [3.05, 3.63) is 36.0 Å². The molecule has 0 saturated carbocycles. The van der Waals surface area contributed by atoms with Gasteiger partial charge in [0, 0.05) is 11.5 Å². The first-order valence-electron chi connectivity index (χ1n) is 4.17. The Bertz CT molecular complexity index is 377.